The molecule has 19 heavy (non-hydrogen) atoms. The van der Waals surface area contributed by atoms with Gasteiger partial charge in [0.25, 0.3) is 0 Å². The fourth-order valence-corrected chi connectivity index (χ4v) is 2.68. The van der Waals surface area contributed by atoms with Gasteiger partial charge in [-0.25, -0.2) is 0 Å². The summed E-state index contributed by atoms with van der Waals surface area (Å²) in [5.74, 6) is 0.855. The third-order valence-corrected chi connectivity index (χ3v) is 4.14. The van der Waals surface area contributed by atoms with Crippen LogP contribution >= 0.6 is 0 Å². The van der Waals surface area contributed by atoms with Gasteiger partial charge in [-0.05, 0) is 18.2 Å². The smallest absolute Gasteiger partial charge is 0.245 e. The minimum Gasteiger partial charge on any atom is -0.490 e. The van der Waals surface area contributed by atoms with Crippen LogP contribution in [0.1, 0.15) is 20.3 Å². The molecule has 102 valence electrons. The minimum absolute atomic E-state index is 0.0313. The van der Waals surface area contributed by atoms with Crippen LogP contribution in [-0.4, -0.2) is 30.0 Å². The van der Waals surface area contributed by atoms with E-state index in [1.54, 1.807) is 4.90 Å². The molecule has 0 spiro atoms. The second-order valence-corrected chi connectivity index (χ2v) is 5.65. The SMILES string of the molecule is C=CC(=O)N(C)C1CC(Oc2ccccc2)C1(C)C. The fourth-order valence-electron chi connectivity index (χ4n) is 2.68. The van der Waals surface area contributed by atoms with Gasteiger partial charge in [-0.3, -0.25) is 4.79 Å². The van der Waals surface area contributed by atoms with Gasteiger partial charge in [0, 0.05) is 24.9 Å². The maximum atomic E-state index is 11.7. The number of hydrogen-bond acceptors (Lipinski definition) is 2. The number of hydrogen-bond donors (Lipinski definition) is 0. The molecule has 0 aromatic heterocycles. The van der Waals surface area contributed by atoms with E-state index in [0.29, 0.717) is 0 Å². The normalized spacial score (nSPS) is 24.2. The largest absolute Gasteiger partial charge is 0.490 e. The molecule has 0 saturated heterocycles. The zero-order valence-electron chi connectivity index (χ0n) is 11.8. The highest BCUT2D eigenvalue weighted by atomic mass is 16.5. The molecule has 1 fully saturated rings. The van der Waals surface area contributed by atoms with Gasteiger partial charge in [0.2, 0.25) is 5.91 Å². The highest BCUT2D eigenvalue weighted by molar-refractivity contribution is 5.87. The molecule has 1 saturated carbocycles. The summed E-state index contributed by atoms with van der Waals surface area (Å²) in [6.07, 6.45) is 2.36. The molecule has 1 aromatic rings. The first-order valence-corrected chi connectivity index (χ1v) is 6.57. The van der Waals surface area contributed by atoms with Crippen molar-refractivity contribution in [1.29, 1.82) is 0 Å². The zero-order chi connectivity index (χ0) is 14.0. The first-order chi connectivity index (χ1) is 8.96. The van der Waals surface area contributed by atoms with Crippen molar-refractivity contribution in [2.75, 3.05) is 7.05 Å². The number of likely N-dealkylation sites (N-methyl/N-ethyl adjacent to an activating group) is 1. The Morgan fingerprint density at radius 2 is 2.05 bits per heavy atom. The average Bonchev–Trinajstić information content (AvgIpc) is 2.42. The lowest BCUT2D eigenvalue weighted by atomic mass is 9.63. The third-order valence-electron chi connectivity index (χ3n) is 4.14. The summed E-state index contributed by atoms with van der Waals surface area (Å²) in [6, 6.07) is 10.0. The van der Waals surface area contributed by atoms with E-state index in [0.717, 1.165) is 12.2 Å². The van der Waals surface area contributed by atoms with Crippen LogP contribution in [0, 0.1) is 5.41 Å². The van der Waals surface area contributed by atoms with Crippen LogP contribution < -0.4 is 4.74 Å². The van der Waals surface area contributed by atoms with E-state index in [2.05, 4.69) is 20.4 Å². The summed E-state index contributed by atoms with van der Waals surface area (Å²) < 4.78 is 6.00. The summed E-state index contributed by atoms with van der Waals surface area (Å²) in [4.78, 5) is 13.4. The Morgan fingerprint density at radius 1 is 1.42 bits per heavy atom. The molecule has 0 aliphatic heterocycles. The van der Waals surface area contributed by atoms with E-state index < -0.39 is 0 Å². The number of ether oxygens (including phenoxy) is 1. The molecule has 2 unspecified atom stereocenters. The number of carbonyl (C=O) groups excluding carboxylic acids is 1. The van der Waals surface area contributed by atoms with Crippen LogP contribution in [0.15, 0.2) is 43.0 Å². The summed E-state index contributed by atoms with van der Waals surface area (Å²) in [5.41, 5.74) is -0.0523. The monoisotopic (exact) mass is 259 g/mol. The van der Waals surface area contributed by atoms with Crippen molar-refractivity contribution >= 4 is 5.91 Å². The first kappa shape index (κ1) is 13.7. The molecule has 3 nitrogen and oxygen atoms in total. The van der Waals surface area contributed by atoms with Crippen molar-refractivity contribution in [1.82, 2.24) is 4.90 Å². The Morgan fingerprint density at radius 3 is 2.58 bits per heavy atom. The van der Waals surface area contributed by atoms with Gasteiger partial charge in [-0.2, -0.15) is 0 Å². The molecule has 0 bridgehead atoms. The number of benzene rings is 1. The molecule has 2 atom stereocenters. The first-order valence-electron chi connectivity index (χ1n) is 6.57. The third kappa shape index (κ3) is 2.50. The van der Waals surface area contributed by atoms with Crippen molar-refractivity contribution in [3.63, 3.8) is 0 Å². The zero-order valence-corrected chi connectivity index (χ0v) is 11.8. The van der Waals surface area contributed by atoms with Gasteiger partial charge in [0.1, 0.15) is 11.9 Å². The Bertz CT molecular complexity index is 467. The van der Waals surface area contributed by atoms with Gasteiger partial charge >= 0.3 is 0 Å². The van der Waals surface area contributed by atoms with Gasteiger partial charge < -0.3 is 9.64 Å². The number of nitrogens with zero attached hydrogens (tertiary/aromatic N) is 1. The van der Waals surface area contributed by atoms with E-state index in [4.69, 9.17) is 4.74 Å². The maximum absolute atomic E-state index is 11.7. The lowest BCUT2D eigenvalue weighted by Crippen LogP contribution is -2.63. The second-order valence-electron chi connectivity index (χ2n) is 5.65. The molecule has 1 aliphatic carbocycles. The number of rotatable bonds is 4. The summed E-state index contributed by atoms with van der Waals surface area (Å²) >= 11 is 0. The molecule has 1 aromatic carbocycles. The molecule has 3 heteroatoms. The van der Waals surface area contributed by atoms with E-state index in [9.17, 15) is 4.79 Å². The lowest BCUT2D eigenvalue weighted by molar-refractivity contribution is -0.143. The van der Waals surface area contributed by atoms with Crippen LogP contribution in [0.2, 0.25) is 0 Å². The molecule has 1 amide bonds. The lowest BCUT2D eigenvalue weighted by Gasteiger charge is -2.54. The van der Waals surface area contributed by atoms with E-state index >= 15 is 0 Å². The highest BCUT2D eigenvalue weighted by Gasteiger charge is 2.52. The van der Waals surface area contributed by atoms with Gasteiger partial charge in [-0.15, -0.1) is 0 Å². The number of amides is 1. The topological polar surface area (TPSA) is 29.5 Å². The summed E-state index contributed by atoms with van der Waals surface area (Å²) in [7, 11) is 1.83. The second kappa shape index (κ2) is 5.08. The van der Waals surface area contributed by atoms with Crippen molar-refractivity contribution in [3.8, 4) is 5.75 Å². The number of carbonyl (C=O) groups is 1. The van der Waals surface area contributed by atoms with Crippen LogP contribution in [0.25, 0.3) is 0 Å². The minimum atomic E-state index is -0.0523. The quantitative estimate of drug-likeness (QED) is 0.778. The summed E-state index contributed by atoms with van der Waals surface area (Å²) in [5, 5.41) is 0. The molecular weight excluding hydrogens is 238 g/mol. The summed E-state index contributed by atoms with van der Waals surface area (Å²) in [6.45, 7) is 7.82. The van der Waals surface area contributed by atoms with Crippen LogP contribution in [0.4, 0.5) is 0 Å². The Hall–Kier alpha value is -1.77. The molecular formula is C16H21NO2. The Kier molecular flexibility index (Phi) is 3.65. The van der Waals surface area contributed by atoms with Crippen molar-refractivity contribution in [2.45, 2.75) is 32.4 Å². The fraction of sp³-hybridized carbons (Fsp3) is 0.438. The van der Waals surface area contributed by atoms with E-state index in [1.807, 2.05) is 37.4 Å². The maximum Gasteiger partial charge on any atom is 0.245 e. The van der Waals surface area contributed by atoms with Crippen molar-refractivity contribution in [2.24, 2.45) is 5.41 Å². The molecule has 1 aliphatic rings. The molecule has 2 rings (SSSR count). The van der Waals surface area contributed by atoms with Gasteiger partial charge in [0.05, 0.1) is 0 Å². The standard InChI is InChI=1S/C16H21NO2/c1-5-15(18)17(4)13-11-14(16(13,2)3)19-12-9-7-6-8-10-12/h5-10,13-14H,1,11H2,2-4H3. The Labute approximate surface area is 114 Å². The molecule has 0 radical (unpaired) electrons. The molecule has 0 N–H and O–H groups in total. The van der Waals surface area contributed by atoms with Crippen molar-refractivity contribution in [3.05, 3.63) is 43.0 Å². The van der Waals surface area contributed by atoms with Crippen LogP contribution in [0.5, 0.6) is 5.75 Å². The van der Waals surface area contributed by atoms with Gasteiger partial charge in [0.15, 0.2) is 0 Å². The highest BCUT2D eigenvalue weighted by Crippen LogP contribution is 2.45. The predicted octanol–water partition coefficient (Wildman–Crippen LogP) is 2.88. The van der Waals surface area contributed by atoms with E-state index in [-0.39, 0.29) is 23.5 Å². The average molecular weight is 259 g/mol. The predicted molar refractivity (Wildman–Crippen MR) is 76.0 cm³/mol. The van der Waals surface area contributed by atoms with Crippen LogP contribution in [-0.2, 0) is 4.79 Å². The van der Waals surface area contributed by atoms with Crippen molar-refractivity contribution < 1.29 is 9.53 Å². The molecule has 0 heterocycles. The van der Waals surface area contributed by atoms with E-state index in [1.165, 1.54) is 6.08 Å². The van der Waals surface area contributed by atoms with Crippen LogP contribution in [0.3, 0.4) is 0 Å². The Balaban J connectivity index is 2.01. The number of para-hydroxylation sites is 1. The van der Waals surface area contributed by atoms with Gasteiger partial charge in [-0.1, -0.05) is 38.6 Å².